The number of nitrogens with one attached hydrogen (secondary N) is 1. The van der Waals surface area contributed by atoms with Gasteiger partial charge >= 0.3 is 0 Å². The highest BCUT2D eigenvalue weighted by molar-refractivity contribution is 7.13. The Balaban J connectivity index is 1.69. The lowest BCUT2D eigenvalue weighted by Gasteiger charge is -2.13. The Hall–Kier alpha value is -3.45. The van der Waals surface area contributed by atoms with E-state index in [1.54, 1.807) is 18.2 Å². The maximum Gasteiger partial charge on any atom is 0.275 e. The zero-order valence-electron chi connectivity index (χ0n) is 15.8. The zero-order chi connectivity index (χ0) is 20.2. The Bertz CT molecular complexity index is 1220. The standard InChI is InChI=1S/C22H19N3O3S/c1-2-28-18-11-6-5-10-17(18)23-20(26)14-25-22(27)16-9-4-3-8-15(16)21(24-25)19-12-7-13-29-19/h3-13H,2,14H2,1H3,(H,23,26). The van der Waals surface area contributed by atoms with Gasteiger partial charge in [-0.05, 0) is 36.6 Å². The van der Waals surface area contributed by atoms with Crippen LogP contribution in [0.3, 0.4) is 0 Å². The van der Waals surface area contributed by atoms with Gasteiger partial charge in [0.2, 0.25) is 5.91 Å². The first kappa shape index (κ1) is 18.9. The second-order valence-corrected chi connectivity index (χ2v) is 7.26. The van der Waals surface area contributed by atoms with Crippen LogP contribution >= 0.6 is 11.3 Å². The maximum absolute atomic E-state index is 12.9. The van der Waals surface area contributed by atoms with Crippen LogP contribution in [0, 0.1) is 0 Å². The number of ether oxygens (including phenoxy) is 1. The molecule has 7 heteroatoms. The predicted octanol–water partition coefficient (Wildman–Crippen LogP) is 4.16. The number of carbonyl (C=O) groups excluding carboxylic acids is 1. The number of benzene rings is 2. The smallest absolute Gasteiger partial charge is 0.275 e. The molecular formula is C22H19N3O3S. The predicted molar refractivity (Wildman–Crippen MR) is 116 cm³/mol. The van der Waals surface area contributed by atoms with Gasteiger partial charge in [-0.3, -0.25) is 9.59 Å². The highest BCUT2D eigenvalue weighted by atomic mass is 32.1. The quantitative estimate of drug-likeness (QED) is 0.523. The van der Waals surface area contributed by atoms with Crippen molar-refractivity contribution in [2.75, 3.05) is 11.9 Å². The number of hydrogen-bond acceptors (Lipinski definition) is 5. The van der Waals surface area contributed by atoms with Gasteiger partial charge in [0.05, 0.1) is 22.6 Å². The summed E-state index contributed by atoms with van der Waals surface area (Å²) in [5, 5.41) is 10.6. The van der Waals surface area contributed by atoms with E-state index >= 15 is 0 Å². The number of para-hydroxylation sites is 2. The summed E-state index contributed by atoms with van der Waals surface area (Å²) in [7, 11) is 0. The van der Waals surface area contributed by atoms with Gasteiger partial charge < -0.3 is 10.1 Å². The Morgan fingerprint density at radius 3 is 2.59 bits per heavy atom. The summed E-state index contributed by atoms with van der Waals surface area (Å²) in [6.07, 6.45) is 0. The lowest BCUT2D eigenvalue weighted by molar-refractivity contribution is -0.117. The summed E-state index contributed by atoms with van der Waals surface area (Å²) >= 11 is 1.54. The van der Waals surface area contributed by atoms with E-state index in [0.717, 1.165) is 10.3 Å². The van der Waals surface area contributed by atoms with Gasteiger partial charge in [-0.1, -0.05) is 36.4 Å². The van der Waals surface area contributed by atoms with E-state index < -0.39 is 0 Å². The van der Waals surface area contributed by atoms with Crippen LogP contribution in [0.4, 0.5) is 5.69 Å². The van der Waals surface area contributed by atoms with Crippen molar-refractivity contribution in [1.29, 1.82) is 0 Å². The molecule has 0 saturated carbocycles. The van der Waals surface area contributed by atoms with Crippen LogP contribution < -0.4 is 15.6 Å². The molecular weight excluding hydrogens is 386 g/mol. The van der Waals surface area contributed by atoms with Crippen molar-refractivity contribution < 1.29 is 9.53 Å². The molecule has 2 heterocycles. The van der Waals surface area contributed by atoms with Crippen LogP contribution in [-0.2, 0) is 11.3 Å². The second kappa shape index (κ2) is 8.28. The monoisotopic (exact) mass is 405 g/mol. The third kappa shape index (κ3) is 3.90. The molecule has 146 valence electrons. The fraction of sp³-hybridized carbons (Fsp3) is 0.136. The average molecular weight is 405 g/mol. The molecule has 29 heavy (non-hydrogen) atoms. The third-order valence-electron chi connectivity index (χ3n) is 4.38. The molecule has 0 spiro atoms. The summed E-state index contributed by atoms with van der Waals surface area (Å²) in [5.74, 6) is 0.237. The molecule has 0 fully saturated rings. The fourth-order valence-electron chi connectivity index (χ4n) is 3.11. The molecule has 0 aliphatic carbocycles. The maximum atomic E-state index is 12.9. The van der Waals surface area contributed by atoms with Crippen molar-refractivity contribution in [2.24, 2.45) is 0 Å². The molecule has 0 atom stereocenters. The largest absolute Gasteiger partial charge is 0.492 e. The topological polar surface area (TPSA) is 73.2 Å². The number of rotatable bonds is 6. The van der Waals surface area contributed by atoms with Crippen molar-refractivity contribution in [3.05, 3.63) is 76.4 Å². The molecule has 2 aromatic heterocycles. The van der Waals surface area contributed by atoms with E-state index in [-0.39, 0.29) is 18.0 Å². The minimum absolute atomic E-state index is 0.192. The van der Waals surface area contributed by atoms with E-state index in [0.29, 0.717) is 29.1 Å². The van der Waals surface area contributed by atoms with Crippen LogP contribution in [0.5, 0.6) is 5.75 Å². The lowest BCUT2D eigenvalue weighted by Crippen LogP contribution is -2.30. The summed E-state index contributed by atoms with van der Waals surface area (Å²) in [4.78, 5) is 26.5. The van der Waals surface area contributed by atoms with Gasteiger partial charge in [-0.25, -0.2) is 4.68 Å². The van der Waals surface area contributed by atoms with Gasteiger partial charge in [0.25, 0.3) is 5.56 Å². The van der Waals surface area contributed by atoms with E-state index in [9.17, 15) is 9.59 Å². The van der Waals surface area contributed by atoms with Gasteiger partial charge in [0, 0.05) is 5.39 Å². The molecule has 0 aliphatic heterocycles. The molecule has 4 rings (SSSR count). The molecule has 0 bridgehead atoms. The number of thiophene rings is 1. The van der Waals surface area contributed by atoms with Crippen LogP contribution in [-0.4, -0.2) is 22.3 Å². The van der Waals surface area contributed by atoms with Crippen molar-refractivity contribution in [3.8, 4) is 16.3 Å². The number of carbonyl (C=O) groups is 1. The molecule has 0 aliphatic rings. The highest BCUT2D eigenvalue weighted by Gasteiger charge is 2.15. The zero-order valence-corrected chi connectivity index (χ0v) is 16.6. The van der Waals surface area contributed by atoms with Crippen molar-refractivity contribution in [2.45, 2.75) is 13.5 Å². The first-order valence-corrected chi connectivity index (χ1v) is 10.1. The highest BCUT2D eigenvalue weighted by Crippen LogP contribution is 2.28. The van der Waals surface area contributed by atoms with E-state index in [4.69, 9.17) is 4.74 Å². The van der Waals surface area contributed by atoms with Crippen molar-refractivity contribution in [3.63, 3.8) is 0 Å². The molecule has 4 aromatic rings. The first-order valence-electron chi connectivity index (χ1n) is 9.23. The van der Waals surface area contributed by atoms with Crippen LogP contribution in [0.1, 0.15) is 6.92 Å². The molecule has 0 saturated heterocycles. The molecule has 1 amide bonds. The van der Waals surface area contributed by atoms with E-state index in [2.05, 4.69) is 10.4 Å². The summed E-state index contributed by atoms with van der Waals surface area (Å²) in [6, 6.07) is 18.4. The Kier molecular flexibility index (Phi) is 5.39. The van der Waals surface area contributed by atoms with E-state index in [1.165, 1.54) is 16.0 Å². The SMILES string of the molecule is CCOc1ccccc1NC(=O)Cn1nc(-c2cccs2)c2ccccc2c1=O. The Morgan fingerprint density at radius 1 is 1.07 bits per heavy atom. The number of fused-ring (bicyclic) bond motifs is 1. The lowest BCUT2D eigenvalue weighted by atomic mass is 10.1. The van der Waals surface area contributed by atoms with Crippen LogP contribution in [0.15, 0.2) is 70.8 Å². The first-order chi connectivity index (χ1) is 14.2. The fourth-order valence-corrected chi connectivity index (χ4v) is 3.84. The number of anilines is 1. The van der Waals surface area contributed by atoms with Crippen molar-refractivity contribution in [1.82, 2.24) is 9.78 Å². The van der Waals surface area contributed by atoms with Gasteiger partial charge in [0.1, 0.15) is 18.0 Å². The minimum atomic E-state index is -0.348. The van der Waals surface area contributed by atoms with Gasteiger partial charge in [-0.15, -0.1) is 11.3 Å². The minimum Gasteiger partial charge on any atom is -0.492 e. The van der Waals surface area contributed by atoms with Crippen LogP contribution in [0.25, 0.3) is 21.3 Å². The molecule has 0 radical (unpaired) electrons. The van der Waals surface area contributed by atoms with Crippen LogP contribution in [0.2, 0.25) is 0 Å². The summed E-state index contributed by atoms with van der Waals surface area (Å²) in [6.45, 7) is 2.18. The summed E-state index contributed by atoms with van der Waals surface area (Å²) in [5.41, 5.74) is 0.957. The molecule has 6 nitrogen and oxygen atoms in total. The Labute approximate surface area is 171 Å². The average Bonchev–Trinajstić information content (AvgIpc) is 3.26. The number of amides is 1. The number of hydrogen-bond donors (Lipinski definition) is 1. The second-order valence-electron chi connectivity index (χ2n) is 6.31. The third-order valence-corrected chi connectivity index (χ3v) is 5.25. The summed E-state index contributed by atoms with van der Waals surface area (Å²) < 4.78 is 6.76. The number of nitrogens with zero attached hydrogens (tertiary/aromatic N) is 2. The van der Waals surface area contributed by atoms with Crippen molar-refractivity contribution >= 4 is 33.7 Å². The Morgan fingerprint density at radius 2 is 1.83 bits per heavy atom. The molecule has 1 N–H and O–H groups in total. The van der Waals surface area contributed by atoms with E-state index in [1.807, 2.05) is 54.8 Å². The molecule has 2 aromatic carbocycles. The molecule has 0 unspecified atom stereocenters. The number of aromatic nitrogens is 2. The normalized spacial score (nSPS) is 10.8. The van der Waals surface area contributed by atoms with Gasteiger partial charge in [-0.2, -0.15) is 5.10 Å². The van der Waals surface area contributed by atoms with Gasteiger partial charge in [0.15, 0.2) is 0 Å².